The van der Waals surface area contributed by atoms with Crippen LogP contribution in [0.3, 0.4) is 0 Å². The monoisotopic (exact) mass is 547 g/mol. The van der Waals surface area contributed by atoms with Gasteiger partial charge in [0.15, 0.2) is 0 Å². The second-order valence-electron chi connectivity index (χ2n) is 7.27. The zero-order valence-electron chi connectivity index (χ0n) is 20.3. The molecule has 0 aromatic carbocycles. The summed E-state index contributed by atoms with van der Waals surface area (Å²) in [6.45, 7) is 13.0. The first-order valence-corrected chi connectivity index (χ1v) is 11.2. The highest BCUT2D eigenvalue weighted by Crippen LogP contribution is 2.27. The number of rotatable bonds is 11. The van der Waals surface area contributed by atoms with E-state index in [1.807, 2.05) is 0 Å². The van der Waals surface area contributed by atoms with Gasteiger partial charge in [0.2, 0.25) is 0 Å². The molecule has 0 rings (SSSR count). The number of nitrogens with one attached hydrogen (secondary N) is 2. The zero-order valence-corrected chi connectivity index (χ0v) is 21.9. The predicted octanol–water partition coefficient (Wildman–Crippen LogP) is 4.89. The lowest BCUT2D eigenvalue weighted by molar-refractivity contribution is -0.118. The van der Waals surface area contributed by atoms with Gasteiger partial charge in [0, 0.05) is 16.8 Å². The molecule has 36 heavy (non-hydrogen) atoms. The minimum Gasteiger partial charge on any atom is -0.383 e. The molecule has 0 bridgehead atoms. The molecule has 0 aliphatic carbocycles. The van der Waals surface area contributed by atoms with Crippen LogP contribution in [0.1, 0.15) is 27.7 Å². The fraction of sp³-hybridized carbons (Fsp3) is 0.250. The van der Waals surface area contributed by atoms with Gasteiger partial charge in [-0.3, -0.25) is 14.6 Å². The molecule has 12 heteroatoms. The number of allylic oxidation sites excluding steroid dienone is 10. The number of carbonyl (C=O) groups is 2. The Bertz CT molecular complexity index is 1050. The Balaban J connectivity index is 6.66. The minimum atomic E-state index is -4.87. The maximum absolute atomic E-state index is 13.2. The summed E-state index contributed by atoms with van der Waals surface area (Å²) in [4.78, 5) is 25.9. The van der Waals surface area contributed by atoms with Gasteiger partial charge in [0.05, 0.1) is 16.2 Å². The molecule has 7 nitrogen and oxygen atoms in total. The van der Waals surface area contributed by atoms with E-state index >= 15 is 0 Å². The van der Waals surface area contributed by atoms with Crippen molar-refractivity contribution in [3.8, 4) is 0 Å². The number of hydrazine groups is 1. The van der Waals surface area contributed by atoms with E-state index in [1.165, 1.54) is 43.4 Å². The van der Waals surface area contributed by atoms with Crippen LogP contribution in [-0.2, 0) is 9.59 Å². The van der Waals surface area contributed by atoms with Crippen LogP contribution in [0.15, 0.2) is 94.1 Å². The summed E-state index contributed by atoms with van der Waals surface area (Å²) in [5.41, 5.74) is 3.58. The molecule has 0 atom stereocenters. The topological polar surface area (TPSA) is 113 Å². The van der Waals surface area contributed by atoms with Crippen molar-refractivity contribution < 1.29 is 22.8 Å². The Labute approximate surface area is 219 Å². The van der Waals surface area contributed by atoms with Gasteiger partial charge in [0.25, 0.3) is 11.8 Å². The highest BCUT2D eigenvalue weighted by Gasteiger charge is 2.33. The van der Waals surface area contributed by atoms with E-state index < -0.39 is 35.1 Å². The molecule has 0 aromatic heterocycles. The third-order valence-corrected chi connectivity index (χ3v) is 4.75. The smallest absolute Gasteiger partial charge is 0.383 e. The SMILES string of the molecule is C=C/C=C\C(Cl)=C(/N)N(N)/C(=C\C(=C)C(F)(F)F)C(=O)NC(=C\C)/C(=C\C(Cl)=C/C)C(=O)NC(C)C. The molecule has 0 aromatic rings. The predicted molar refractivity (Wildman–Crippen MR) is 139 cm³/mol. The fourth-order valence-electron chi connectivity index (χ4n) is 2.28. The maximum atomic E-state index is 13.2. The van der Waals surface area contributed by atoms with Crippen molar-refractivity contribution >= 4 is 35.0 Å². The molecule has 6 N–H and O–H groups in total. The maximum Gasteiger partial charge on any atom is 0.415 e. The summed E-state index contributed by atoms with van der Waals surface area (Å²) in [6.07, 6.45) is 3.72. The molecule has 0 radical (unpaired) electrons. The lowest BCUT2D eigenvalue weighted by atomic mass is 10.1. The first-order chi connectivity index (χ1) is 16.6. The van der Waals surface area contributed by atoms with E-state index in [4.69, 9.17) is 34.8 Å². The standard InChI is InChI=1S/C24H30Cl2F3N5O2/c1-7-10-11-18(26)21(30)34(31)20(12-15(6)24(27,28)29)23(36)33-19(9-3)17(13-16(25)8-2)22(35)32-14(4)5/h7-14H,1,6,30-31H2,2-5H3,(H,32,35)(H,33,36)/b11-10-,16-8+,17-13+,19-9-,20-12-,21-18-. The lowest BCUT2D eigenvalue weighted by Gasteiger charge is -2.24. The van der Waals surface area contributed by atoms with E-state index in [9.17, 15) is 22.8 Å². The molecule has 0 fully saturated rings. The summed E-state index contributed by atoms with van der Waals surface area (Å²) in [5, 5.41) is 5.49. The average Bonchev–Trinajstić information content (AvgIpc) is 2.80. The van der Waals surface area contributed by atoms with Crippen LogP contribution in [0.4, 0.5) is 13.2 Å². The normalized spacial score (nSPS) is 14.5. The quantitative estimate of drug-likeness (QED) is 0.127. The molecule has 0 spiro atoms. The summed E-state index contributed by atoms with van der Waals surface area (Å²) in [7, 11) is 0. The Morgan fingerprint density at radius 1 is 1.08 bits per heavy atom. The Morgan fingerprint density at radius 3 is 2.11 bits per heavy atom. The third kappa shape index (κ3) is 10.6. The van der Waals surface area contributed by atoms with Crippen molar-refractivity contribution in [1.29, 1.82) is 0 Å². The summed E-state index contributed by atoms with van der Waals surface area (Å²) in [6, 6.07) is -0.264. The van der Waals surface area contributed by atoms with Crippen molar-refractivity contribution in [3.05, 3.63) is 94.1 Å². The third-order valence-electron chi connectivity index (χ3n) is 4.10. The van der Waals surface area contributed by atoms with E-state index in [0.717, 1.165) is 0 Å². The van der Waals surface area contributed by atoms with Crippen molar-refractivity contribution in [1.82, 2.24) is 15.6 Å². The van der Waals surface area contributed by atoms with Crippen LogP contribution >= 0.6 is 23.2 Å². The average molecular weight is 548 g/mol. The van der Waals surface area contributed by atoms with Gasteiger partial charge >= 0.3 is 6.18 Å². The van der Waals surface area contributed by atoms with Crippen molar-refractivity contribution in [2.75, 3.05) is 0 Å². The zero-order chi connectivity index (χ0) is 28.2. The van der Waals surface area contributed by atoms with Gasteiger partial charge < -0.3 is 16.4 Å². The van der Waals surface area contributed by atoms with Crippen molar-refractivity contribution in [2.45, 2.75) is 39.9 Å². The molecule has 0 aliphatic rings. The first kappa shape index (κ1) is 32.8. The molecule has 0 heterocycles. The van der Waals surface area contributed by atoms with E-state index in [2.05, 4.69) is 23.8 Å². The van der Waals surface area contributed by atoms with Crippen LogP contribution in [0.25, 0.3) is 0 Å². The van der Waals surface area contributed by atoms with Crippen LogP contribution in [0.2, 0.25) is 0 Å². The highest BCUT2D eigenvalue weighted by molar-refractivity contribution is 6.32. The molecule has 0 saturated carbocycles. The van der Waals surface area contributed by atoms with Gasteiger partial charge in [-0.25, -0.2) is 5.84 Å². The molecule has 2 amide bonds. The molecule has 0 unspecified atom stereocenters. The second kappa shape index (κ2) is 15.0. The first-order valence-electron chi connectivity index (χ1n) is 10.4. The summed E-state index contributed by atoms with van der Waals surface area (Å²) >= 11 is 12.1. The molecular weight excluding hydrogens is 518 g/mol. The highest BCUT2D eigenvalue weighted by atomic mass is 35.5. The van der Waals surface area contributed by atoms with Crippen LogP contribution in [0.5, 0.6) is 0 Å². The number of alkyl halides is 3. The number of nitrogens with zero attached hydrogens (tertiary/aromatic N) is 1. The Kier molecular flexibility index (Phi) is 13.7. The van der Waals surface area contributed by atoms with Crippen molar-refractivity contribution in [2.24, 2.45) is 11.6 Å². The van der Waals surface area contributed by atoms with Crippen molar-refractivity contribution in [3.63, 3.8) is 0 Å². The number of halogens is 5. The van der Waals surface area contributed by atoms with Gasteiger partial charge in [0.1, 0.15) is 11.5 Å². The van der Waals surface area contributed by atoms with Gasteiger partial charge in [-0.05, 0) is 45.9 Å². The van der Waals surface area contributed by atoms with E-state index in [-0.39, 0.29) is 27.4 Å². The number of carbonyl (C=O) groups excluding carboxylic acids is 2. The fourth-order valence-corrected chi connectivity index (χ4v) is 2.56. The van der Waals surface area contributed by atoms with Crippen LogP contribution < -0.4 is 22.2 Å². The van der Waals surface area contributed by atoms with Gasteiger partial charge in [-0.1, -0.05) is 60.7 Å². The Hall–Kier alpha value is -3.21. The van der Waals surface area contributed by atoms with Crippen LogP contribution in [0, 0.1) is 0 Å². The van der Waals surface area contributed by atoms with Gasteiger partial charge in [-0.2, -0.15) is 13.2 Å². The molecule has 0 saturated heterocycles. The molecular formula is C24H30Cl2F3N5O2. The molecule has 0 aliphatic heterocycles. The number of nitrogens with two attached hydrogens (primary N) is 2. The number of amides is 2. The largest absolute Gasteiger partial charge is 0.415 e. The number of hydrogen-bond donors (Lipinski definition) is 4. The summed E-state index contributed by atoms with van der Waals surface area (Å²) in [5.74, 6) is 3.69. The van der Waals surface area contributed by atoms with Crippen LogP contribution in [-0.4, -0.2) is 29.0 Å². The van der Waals surface area contributed by atoms with Gasteiger partial charge in [-0.15, -0.1) is 0 Å². The van der Waals surface area contributed by atoms with E-state index in [1.54, 1.807) is 20.8 Å². The minimum absolute atomic E-state index is 0.0596. The lowest BCUT2D eigenvalue weighted by Crippen LogP contribution is -2.42. The molecule has 198 valence electrons. The number of hydrogen-bond acceptors (Lipinski definition) is 5. The Morgan fingerprint density at radius 2 is 1.67 bits per heavy atom. The second-order valence-corrected chi connectivity index (χ2v) is 8.11. The summed E-state index contributed by atoms with van der Waals surface area (Å²) < 4.78 is 39.6. The van der Waals surface area contributed by atoms with E-state index in [0.29, 0.717) is 11.1 Å².